The van der Waals surface area contributed by atoms with E-state index in [0.717, 1.165) is 6.08 Å². The summed E-state index contributed by atoms with van der Waals surface area (Å²) < 4.78 is 9.65. The maximum atomic E-state index is 9.92. The van der Waals surface area contributed by atoms with Crippen LogP contribution in [-0.4, -0.2) is 38.0 Å². The summed E-state index contributed by atoms with van der Waals surface area (Å²) in [6.45, 7) is 1.33. The van der Waals surface area contributed by atoms with Crippen LogP contribution in [-0.2, 0) is 14.3 Å². The van der Waals surface area contributed by atoms with Crippen molar-refractivity contribution in [3.8, 4) is 0 Å². The fourth-order valence-corrected chi connectivity index (χ4v) is 0.443. The van der Waals surface area contributed by atoms with Gasteiger partial charge < -0.3 is 14.6 Å². The lowest BCUT2D eigenvalue weighted by molar-refractivity contribution is -0.131. The Hall–Kier alpha value is -0.870. The Morgan fingerprint density at radius 1 is 1.55 bits per heavy atom. The van der Waals surface area contributed by atoms with Crippen LogP contribution in [0.3, 0.4) is 0 Å². The van der Waals surface area contributed by atoms with Crippen molar-refractivity contribution in [1.82, 2.24) is 0 Å². The highest BCUT2D eigenvalue weighted by Crippen LogP contribution is 1.78. The van der Waals surface area contributed by atoms with Gasteiger partial charge >= 0.3 is 5.97 Å². The third-order valence-corrected chi connectivity index (χ3v) is 0.906. The van der Waals surface area contributed by atoms with Crippen LogP contribution in [0.1, 0.15) is 0 Å². The molecule has 0 aliphatic heterocycles. The molecule has 0 aromatic carbocycles. The molecule has 0 aliphatic rings. The Labute approximate surface area is 65.4 Å². The van der Waals surface area contributed by atoms with Crippen LogP contribution >= 0.6 is 0 Å². The van der Waals surface area contributed by atoms with E-state index < -0.39 is 5.97 Å². The molecule has 1 N–H and O–H groups in total. The van der Waals surface area contributed by atoms with E-state index in [0.29, 0.717) is 19.8 Å². The van der Waals surface area contributed by atoms with Crippen LogP contribution in [0.15, 0.2) is 12.2 Å². The van der Waals surface area contributed by atoms with Crippen molar-refractivity contribution in [2.45, 2.75) is 0 Å². The minimum Gasteiger partial charge on any atom is -0.478 e. The summed E-state index contributed by atoms with van der Waals surface area (Å²) in [5, 5.41) is 8.15. The van der Waals surface area contributed by atoms with Crippen LogP contribution < -0.4 is 0 Å². The van der Waals surface area contributed by atoms with Gasteiger partial charge in [-0.2, -0.15) is 0 Å². The summed E-state index contributed by atoms with van der Waals surface area (Å²) in [4.78, 5) is 9.92. The second-order valence-electron chi connectivity index (χ2n) is 1.81. The Kier molecular flexibility index (Phi) is 6.67. The highest BCUT2D eigenvalue weighted by molar-refractivity contribution is 5.79. The third kappa shape index (κ3) is 9.13. The second kappa shape index (κ2) is 7.24. The average Bonchev–Trinajstić information content (AvgIpc) is 1.96. The molecule has 0 heterocycles. The molecule has 0 saturated carbocycles. The van der Waals surface area contributed by atoms with Crippen molar-refractivity contribution in [2.75, 3.05) is 26.9 Å². The molecule has 0 aromatic heterocycles. The van der Waals surface area contributed by atoms with Crippen molar-refractivity contribution in [2.24, 2.45) is 0 Å². The molecule has 0 amide bonds. The lowest BCUT2D eigenvalue weighted by atomic mass is 10.5. The monoisotopic (exact) mass is 160 g/mol. The molecule has 11 heavy (non-hydrogen) atoms. The van der Waals surface area contributed by atoms with Crippen molar-refractivity contribution >= 4 is 5.97 Å². The molecule has 0 saturated heterocycles. The van der Waals surface area contributed by atoms with E-state index in [4.69, 9.17) is 14.6 Å². The first kappa shape index (κ1) is 10.1. The van der Waals surface area contributed by atoms with E-state index in [9.17, 15) is 4.79 Å². The normalized spacial score (nSPS) is 10.6. The van der Waals surface area contributed by atoms with E-state index in [1.165, 1.54) is 6.08 Å². The van der Waals surface area contributed by atoms with Gasteiger partial charge in [-0.05, 0) is 0 Å². The maximum absolute atomic E-state index is 9.92. The number of aliphatic carboxylic acids is 1. The topological polar surface area (TPSA) is 55.8 Å². The smallest absolute Gasteiger partial charge is 0.328 e. The first-order valence-electron chi connectivity index (χ1n) is 3.23. The molecule has 0 unspecified atom stereocenters. The molecular formula is C7H12O4. The number of ether oxygens (including phenoxy) is 2. The van der Waals surface area contributed by atoms with Gasteiger partial charge in [-0.15, -0.1) is 0 Å². The fourth-order valence-electron chi connectivity index (χ4n) is 0.443. The van der Waals surface area contributed by atoms with Crippen LogP contribution in [0.5, 0.6) is 0 Å². The predicted molar refractivity (Wildman–Crippen MR) is 39.5 cm³/mol. The Morgan fingerprint density at radius 3 is 2.82 bits per heavy atom. The van der Waals surface area contributed by atoms with Gasteiger partial charge in [0.25, 0.3) is 0 Å². The number of rotatable bonds is 6. The number of carbonyl (C=O) groups is 1. The maximum Gasteiger partial charge on any atom is 0.328 e. The SMILES string of the molecule is COCCOCC=CC(=O)O. The summed E-state index contributed by atoms with van der Waals surface area (Å²) >= 11 is 0. The molecule has 64 valence electrons. The molecule has 0 rings (SSSR count). The minimum absolute atomic E-state index is 0.315. The van der Waals surface area contributed by atoms with Gasteiger partial charge in [-0.3, -0.25) is 0 Å². The minimum atomic E-state index is -0.958. The predicted octanol–water partition coefficient (Wildman–Crippen LogP) is 0.290. The fraction of sp³-hybridized carbons (Fsp3) is 0.571. The zero-order valence-electron chi connectivity index (χ0n) is 6.45. The summed E-state index contributed by atoms with van der Waals surface area (Å²) in [7, 11) is 1.58. The van der Waals surface area contributed by atoms with Gasteiger partial charge in [-0.25, -0.2) is 4.79 Å². The molecule has 0 aromatic rings. The van der Waals surface area contributed by atoms with Crippen LogP contribution in [0, 0.1) is 0 Å². The molecule has 0 atom stereocenters. The summed E-state index contributed by atoms with van der Waals surface area (Å²) in [5.41, 5.74) is 0. The first-order valence-corrected chi connectivity index (χ1v) is 3.23. The van der Waals surface area contributed by atoms with Crippen LogP contribution in [0.25, 0.3) is 0 Å². The molecule has 4 nitrogen and oxygen atoms in total. The summed E-state index contributed by atoms with van der Waals surface area (Å²) in [6, 6.07) is 0. The highest BCUT2D eigenvalue weighted by Gasteiger charge is 1.85. The Balaban J connectivity index is 3.07. The Morgan fingerprint density at radius 2 is 2.27 bits per heavy atom. The van der Waals surface area contributed by atoms with Gasteiger partial charge in [-0.1, -0.05) is 6.08 Å². The van der Waals surface area contributed by atoms with E-state index in [1.54, 1.807) is 7.11 Å². The van der Waals surface area contributed by atoms with Crippen molar-refractivity contribution in [3.63, 3.8) is 0 Å². The van der Waals surface area contributed by atoms with Gasteiger partial charge in [0.05, 0.1) is 19.8 Å². The largest absolute Gasteiger partial charge is 0.478 e. The quantitative estimate of drug-likeness (QED) is 0.448. The average molecular weight is 160 g/mol. The molecule has 0 fully saturated rings. The lowest BCUT2D eigenvalue weighted by Gasteiger charge is -1.97. The highest BCUT2D eigenvalue weighted by atomic mass is 16.5. The van der Waals surface area contributed by atoms with Gasteiger partial charge in [0.1, 0.15) is 0 Å². The molecular weight excluding hydrogens is 148 g/mol. The molecule has 0 bridgehead atoms. The number of hydrogen-bond donors (Lipinski definition) is 1. The van der Waals surface area contributed by atoms with Crippen molar-refractivity contribution in [3.05, 3.63) is 12.2 Å². The van der Waals surface area contributed by atoms with Gasteiger partial charge in [0, 0.05) is 13.2 Å². The van der Waals surface area contributed by atoms with Crippen molar-refractivity contribution < 1.29 is 19.4 Å². The van der Waals surface area contributed by atoms with Crippen LogP contribution in [0.4, 0.5) is 0 Å². The van der Waals surface area contributed by atoms with E-state index >= 15 is 0 Å². The molecule has 0 radical (unpaired) electrons. The zero-order valence-corrected chi connectivity index (χ0v) is 6.45. The molecule has 4 heteroatoms. The van der Waals surface area contributed by atoms with E-state index in [1.807, 2.05) is 0 Å². The lowest BCUT2D eigenvalue weighted by Crippen LogP contribution is -2.01. The number of methoxy groups -OCH3 is 1. The van der Waals surface area contributed by atoms with Gasteiger partial charge in [0.15, 0.2) is 0 Å². The van der Waals surface area contributed by atoms with Crippen LogP contribution in [0.2, 0.25) is 0 Å². The molecule has 0 aliphatic carbocycles. The summed E-state index contributed by atoms with van der Waals surface area (Å²) in [5.74, 6) is -0.958. The summed E-state index contributed by atoms with van der Waals surface area (Å²) in [6.07, 6.45) is 2.49. The standard InChI is InChI=1S/C7H12O4/c1-10-5-6-11-4-2-3-7(8)9/h2-3H,4-6H2,1H3,(H,8,9). The zero-order chi connectivity index (χ0) is 8.53. The van der Waals surface area contributed by atoms with E-state index in [2.05, 4.69) is 0 Å². The number of carboxylic acids is 1. The Bertz CT molecular complexity index is 130. The van der Waals surface area contributed by atoms with E-state index in [-0.39, 0.29) is 0 Å². The third-order valence-electron chi connectivity index (χ3n) is 0.906. The number of hydrogen-bond acceptors (Lipinski definition) is 3. The van der Waals surface area contributed by atoms with Crippen molar-refractivity contribution in [1.29, 1.82) is 0 Å². The molecule has 0 spiro atoms. The second-order valence-corrected chi connectivity index (χ2v) is 1.81. The first-order chi connectivity index (χ1) is 5.27. The number of carboxylic acid groups (broad SMARTS) is 1. The van der Waals surface area contributed by atoms with Gasteiger partial charge in [0.2, 0.25) is 0 Å².